The summed E-state index contributed by atoms with van der Waals surface area (Å²) < 4.78 is 0. The van der Waals surface area contributed by atoms with Crippen molar-refractivity contribution in [1.29, 1.82) is 0 Å². The van der Waals surface area contributed by atoms with E-state index in [0.29, 0.717) is 0 Å². The first kappa shape index (κ1) is 12.0. The van der Waals surface area contributed by atoms with E-state index < -0.39 is 4.92 Å². The molecule has 0 N–H and O–H groups in total. The Labute approximate surface area is 104 Å². The molecule has 0 saturated carbocycles. The Morgan fingerprint density at radius 1 is 1.17 bits per heavy atom. The van der Waals surface area contributed by atoms with Crippen molar-refractivity contribution in [3.63, 3.8) is 0 Å². The SMILES string of the molecule is O=C(C=Cc1ccc([N+](=O)[O-])cc1)C1C=CC=C1. The Balaban J connectivity index is 2.04. The molecular formula is C14H11NO3. The highest BCUT2D eigenvalue weighted by atomic mass is 16.6. The van der Waals surface area contributed by atoms with Gasteiger partial charge >= 0.3 is 0 Å². The zero-order chi connectivity index (χ0) is 13.0. The molecule has 18 heavy (non-hydrogen) atoms. The van der Waals surface area contributed by atoms with Crippen molar-refractivity contribution in [1.82, 2.24) is 0 Å². The van der Waals surface area contributed by atoms with E-state index in [4.69, 9.17) is 0 Å². The number of nitrogens with zero attached hydrogens (tertiary/aromatic N) is 1. The summed E-state index contributed by atoms with van der Waals surface area (Å²) in [6.45, 7) is 0. The number of carbonyl (C=O) groups is 1. The van der Waals surface area contributed by atoms with Gasteiger partial charge in [0.15, 0.2) is 5.78 Å². The second kappa shape index (κ2) is 5.23. The van der Waals surface area contributed by atoms with Gasteiger partial charge in [0.2, 0.25) is 0 Å². The first-order valence-corrected chi connectivity index (χ1v) is 5.48. The molecular weight excluding hydrogens is 230 g/mol. The van der Waals surface area contributed by atoms with Crippen molar-refractivity contribution in [3.8, 4) is 0 Å². The van der Waals surface area contributed by atoms with Gasteiger partial charge in [0.1, 0.15) is 0 Å². The fourth-order valence-electron chi connectivity index (χ4n) is 1.62. The van der Waals surface area contributed by atoms with Crippen molar-refractivity contribution >= 4 is 17.5 Å². The molecule has 0 unspecified atom stereocenters. The average molecular weight is 241 g/mol. The summed E-state index contributed by atoms with van der Waals surface area (Å²) in [6, 6.07) is 6.06. The van der Waals surface area contributed by atoms with Gasteiger partial charge in [-0.3, -0.25) is 14.9 Å². The highest BCUT2D eigenvalue weighted by molar-refractivity contribution is 5.98. The lowest BCUT2D eigenvalue weighted by molar-refractivity contribution is -0.384. The number of ketones is 1. The summed E-state index contributed by atoms with van der Waals surface area (Å²) in [4.78, 5) is 21.7. The lowest BCUT2D eigenvalue weighted by atomic mass is 10.1. The van der Waals surface area contributed by atoms with Crippen molar-refractivity contribution < 1.29 is 9.72 Å². The number of benzene rings is 1. The number of nitro groups is 1. The van der Waals surface area contributed by atoms with Gasteiger partial charge in [-0.05, 0) is 23.8 Å². The minimum Gasteiger partial charge on any atom is -0.294 e. The summed E-state index contributed by atoms with van der Waals surface area (Å²) in [5.41, 5.74) is 0.806. The van der Waals surface area contributed by atoms with Crippen LogP contribution in [0.25, 0.3) is 6.08 Å². The van der Waals surface area contributed by atoms with E-state index in [1.54, 1.807) is 18.2 Å². The van der Waals surface area contributed by atoms with E-state index in [1.807, 2.05) is 24.3 Å². The van der Waals surface area contributed by atoms with Crippen LogP contribution in [-0.4, -0.2) is 10.7 Å². The van der Waals surface area contributed by atoms with Crippen LogP contribution in [0.1, 0.15) is 5.56 Å². The number of rotatable bonds is 4. The van der Waals surface area contributed by atoms with E-state index >= 15 is 0 Å². The molecule has 1 aromatic carbocycles. The predicted molar refractivity (Wildman–Crippen MR) is 68.9 cm³/mol. The number of allylic oxidation sites excluding steroid dienone is 5. The van der Waals surface area contributed by atoms with Gasteiger partial charge in [0.05, 0.1) is 10.8 Å². The van der Waals surface area contributed by atoms with Crippen LogP contribution in [0.3, 0.4) is 0 Å². The number of hydrogen-bond acceptors (Lipinski definition) is 3. The van der Waals surface area contributed by atoms with Gasteiger partial charge in [0, 0.05) is 12.1 Å². The Morgan fingerprint density at radius 3 is 2.33 bits per heavy atom. The third-order valence-electron chi connectivity index (χ3n) is 2.62. The lowest BCUT2D eigenvalue weighted by Gasteiger charge is -1.98. The largest absolute Gasteiger partial charge is 0.294 e. The minimum absolute atomic E-state index is 0.00153. The molecule has 0 bridgehead atoms. The van der Waals surface area contributed by atoms with Crippen LogP contribution in [0.15, 0.2) is 54.6 Å². The van der Waals surface area contributed by atoms with E-state index in [2.05, 4.69) is 0 Å². The summed E-state index contributed by atoms with van der Waals surface area (Å²) in [5, 5.41) is 10.5. The molecule has 0 spiro atoms. The monoisotopic (exact) mass is 241 g/mol. The van der Waals surface area contributed by atoms with Crippen LogP contribution in [0.2, 0.25) is 0 Å². The van der Waals surface area contributed by atoms with Gasteiger partial charge in [-0.2, -0.15) is 0 Å². The second-order valence-electron chi connectivity index (χ2n) is 3.88. The molecule has 0 heterocycles. The van der Waals surface area contributed by atoms with Gasteiger partial charge in [-0.1, -0.05) is 30.4 Å². The van der Waals surface area contributed by atoms with Gasteiger partial charge in [-0.25, -0.2) is 0 Å². The van der Waals surface area contributed by atoms with Crippen LogP contribution >= 0.6 is 0 Å². The van der Waals surface area contributed by atoms with Crippen molar-refractivity contribution in [2.75, 3.05) is 0 Å². The number of carbonyl (C=O) groups excluding carboxylic acids is 1. The Morgan fingerprint density at radius 2 is 1.78 bits per heavy atom. The quantitative estimate of drug-likeness (QED) is 0.462. The first-order chi connectivity index (χ1) is 8.66. The van der Waals surface area contributed by atoms with Crippen LogP contribution in [0, 0.1) is 16.0 Å². The normalized spacial score (nSPS) is 14.4. The van der Waals surface area contributed by atoms with Crippen LogP contribution in [0.5, 0.6) is 0 Å². The smallest absolute Gasteiger partial charge is 0.269 e. The molecule has 2 rings (SSSR count). The summed E-state index contributed by atoms with van der Waals surface area (Å²) in [5.74, 6) is -0.183. The van der Waals surface area contributed by atoms with Gasteiger partial charge < -0.3 is 0 Å². The van der Waals surface area contributed by atoms with E-state index in [-0.39, 0.29) is 17.4 Å². The molecule has 4 nitrogen and oxygen atoms in total. The maximum absolute atomic E-state index is 11.7. The predicted octanol–water partition coefficient (Wildman–Crippen LogP) is 2.92. The molecule has 1 aliphatic carbocycles. The molecule has 1 aliphatic rings. The van der Waals surface area contributed by atoms with Crippen LogP contribution in [0.4, 0.5) is 5.69 Å². The molecule has 0 aliphatic heterocycles. The number of nitro benzene ring substituents is 1. The van der Waals surface area contributed by atoms with Crippen molar-refractivity contribution in [3.05, 3.63) is 70.3 Å². The van der Waals surface area contributed by atoms with Gasteiger partial charge in [-0.15, -0.1) is 0 Å². The zero-order valence-corrected chi connectivity index (χ0v) is 9.52. The molecule has 0 fully saturated rings. The third-order valence-corrected chi connectivity index (χ3v) is 2.62. The molecule has 0 aromatic heterocycles. The van der Waals surface area contributed by atoms with Gasteiger partial charge in [0.25, 0.3) is 5.69 Å². The Kier molecular flexibility index (Phi) is 3.48. The maximum Gasteiger partial charge on any atom is 0.269 e. The Bertz CT molecular complexity index is 541. The summed E-state index contributed by atoms with van der Waals surface area (Å²) >= 11 is 0. The summed E-state index contributed by atoms with van der Waals surface area (Å²) in [7, 11) is 0. The molecule has 0 saturated heterocycles. The van der Waals surface area contributed by atoms with Crippen LogP contribution < -0.4 is 0 Å². The standard InChI is InChI=1S/C14H11NO3/c16-14(12-3-1-2-4-12)10-7-11-5-8-13(9-6-11)15(17)18/h1-10,12H. The van der Waals surface area contributed by atoms with Crippen LogP contribution in [-0.2, 0) is 4.79 Å². The third kappa shape index (κ3) is 2.79. The maximum atomic E-state index is 11.7. The van der Waals surface area contributed by atoms with E-state index in [9.17, 15) is 14.9 Å². The topological polar surface area (TPSA) is 60.2 Å². The molecule has 1 aromatic rings. The highest BCUT2D eigenvalue weighted by Crippen LogP contribution is 2.14. The fourth-order valence-corrected chi connectivity index (χ4v) is 1.62. The van der Waals surface area contributed by atoms with Crippen molar-refractivity contribution in [2.24, 2.45) is 5.92 Å². The molecule has 0 radical (unpaired) electrons. The molecule has 0 amide bonds. The fraction of sp³-hybridized carbons (Fsp3) is 0.0714. The summed E-state index contributed by atoms with van der Waals surface area (Å²) in [6.07, 6.45) is 10.5. The van der Waals surface area contributed by atoms with E-state index in [1.165, 1.54) is 18.2 Å². The van der Waals surface area contributed by atoms with E-state index in [0.717, 1.165) is 5.56 Å². The first-order valence-electron chi connectivity index (χ1n) is 5.48. The highest BCUT2D eigenvalue weighted by Gasteiger charge is 2.10. The zero-order valence-electron chi connectivity index (χ0n) is 9.52. The molecule has 4 heteroatoms. The number of non-ortho nitro benzene ring substituents is 1. The minimum atomic E-state index is -0.452. The lowest BCUT2D eigenvalue weighted by Crippen LogP contribution is -2.03. The molecule has 0 atom stereocenters. The second-order valence-corrected chi connectivity index (χ2v) is 3.88. The number of hydrogen-bond donors (Lipinski definition) is 0. The van der Waals surface area contributed by atoms with Crippen molar-refractivity contribution in [2.45, 2.75) is 0 Å². The average Bonchev–Trinajstić information content (AvgIpc) is 2.90. The molecule has 90 valence electrons. The Hall–Kier alpha value is -2.49.